The number of aromatic nitrogens is 4. The molecule has 0 aliphatic heterocycles. The average molecular weight is 280 g/mol. The third-order valence-corrected chi connectivity index (χ3v) is 3.85. The Kier molecular flexibility index (Phi) is 2.77. The number of hydrogen-bond acceptors (Lipinski definition) is 5. The Morgan fingerprint density at radius 1 is 1.28 bits per heavy atom. The molecule has 0 saturated heterocycles. The number of benzene rings is 1. The van der Waals surface area contributed by atoms with E-state index < -0.39 is 0 Å². The molecule has 0 radical (unpaired) electrons. The molecule has 0 bridgehead atoms. The van der Waals surface area contributed by atoms with Crippen LogP contribution in [0.15, 0.2) is 24.3 Å². The maximum absolute atomic E-state index is 5.86. The molecule has 0 aliphatic carbocycles. The molecule has 0 fully saturated rings. The Labute approximate surface area is 112 Å². The number of nitrogens with zero attached hydrogens (tertiary/aromatic N) is 4. The molecule has 2 aromatic heterocycles. The zero-order valence-corrected chi connectivity index (χ0v) is 11.1. The fourth-order valence-electron chi connectivity index (χ4n) is 1.59. The highest BCUT2D eigenvalue weighted by molar-refractivity contribution is 7.16. The van der Waals surface area contributed by atoms with Gasteiger partial charge in [-0.3, -0.25) is 0 Å². The topological polar surface area (TPSA) is 69.1 Å². The Morgan fingerprint density at radius 3 is 2.67 bits per heavy atom. The average Bonchev–Trinajstić information content (AvgIpc) is 2.89. The van der Waals surface area contributed by atoms with Gasteiger partial charge in [0.05, 0.1) is 6.04 Å². The molecule has 92 valence electrons. The molecule has 2 heterocycles. The van der Waals surface area contributed by atoms with Crippen molar-refractivity contribution in [1.82, 2.24) is 19.8 Å². The van der Waals surface area contributed by atoms with Crippen LogP contribution in [-0.2, 0) is 0 Å². The van der Waals surface area contributed by atoms with Gasteiger partial charge in [0, 0.05) is 10.6 Å². The molecule has 0 aliphatic rings. The summed E-state index contributed by atoms with van der Waals surface area (Å²) in [5.74, 6) is 0.699. The van der Waals surface area contributed by atoms with Crippen molar-refractivity contribution in [2.45, 2.75) is 13.0 Å². The van der Waals surface area contributed by atoms with Gasteiger partial charge in [-0.2, -0.15) is 9.61 Å². The third kappa shape index (κ3) is 1.88. The monoisotopic (exact) mass is 279 g/mol. The lowest BCUT2D eigenvalue weighted by Crippen LogP contribution is -2.05. The summed E-state index contributed by atoms with van der Waals surface area (Å²) in [4.78, 5) is 0.743. The van der Waals surface area contributed by atoms with E-state index >= 15 is 0 Å². The molecule has 1 atom stereocenters. The van der Waals surface area contributed by atoms with Crippen molar-refractivity contribution in [3.63, 3.8) is 0 Å². The highest BCUT2D eigenvalue weighted by atomic mass is 35.5. The smallest absolute Gasteiger partial charge is 0.235 e. The van der Waals surface area contributed by atoms with Gasteiger partial charge in [0.1, 0.15) is 5.01 Å². The van der Waals surface area contributed by atoms with Crippen molar-refractivity contribution in [2.75, 3.05) is 0 Å². The molecular formula is C11H10ClN5S. The molecule has 3 aromatic rings. The van der Waals surface area contributed by atoms with Gasteiger partial charge in [-0.1, -0.05) is 22.9 Å². The van der Waals surface area contributed by atoms with E-state index in [2.05, 4.69) is 15.3 Å². The number of nitrogens with two attached hydrogens (primary N) is 1. The standard InChI is InChI=1S/C11H10ClN5S/c1-6(13)10-16-17-9(14-15-11(17)18-10)7-2-4-8(12)5-3-7/h2-6H,13H2,1H3. The van der Waals surface area contributed by atoms with Gasteiger partial charge < -0.3 is 5.73 Å². The molecule has 0 spiro atoms. The molecular weight excluding hydrogens is 270 g/mol. The minimum atomic E-state index is -0.102. The number of rotatable bonds is 2. The van der Waals surface area contributed by atoms with Crippen molar-refractivity contribution in [3.05, 3.63) is 34.3 Å². The van der Waals surface area contributed by atoms with Crippen LogP contribution in [0.25, 0.3) is 16.3 Å². The fourth-order valence-corrected chi connectivity index (χ4v) is 2.51. The minimum absolute atomic E-state index is 0.102. The number of hydrogen-bond donors (Lipinski definition) is 1. The van der Waals surface area contributed by atoms with Crippen LogP contribution in [0.5, 0.6) is 0 Å². The molecule has 0 amide bonds. The van der Waals surface area contributed by atoms with E-state index in [1.165, 1.54) is 11.3 Å². The predicted molar refractivity (Wildman–Crippen MR) is 71.7 cm³/mol. The van der Waals surface area contributed by atoms with Gasteiger partial charge in [0.2, 0.25) is 4.96 Å². The summed E-state index contributed by atoms with van der Waals surface area (Å²) < 4.78 is 1.71. The van der Waals surface area contributed by atoms with Gasteiger partial charge in [0.25, 0.3) is 0 Å². The molecule has 1 aromatic carbocycles. The normalized spacial score (nSPS) is 13.1. The SMILES string of the molecule is CC(N)c1nn2c(-c3ccc(Cl)cc3)nnc2s1. The van der Waals surface area contributed by atoms with E-state index in [1.54, 1.807) is 4.52 Å². The summed E-state index contributed by atoms with van der Waals surface area (Å²) in [6.45, 7) is 1.90. The first-order valence-corrected chi connectivity index (χ1v) is 6.58. The van der Waals surface area contributed by atoms with Gasteiger partial charge in [0.15, 0.2) is 5.82 Å². The third-order valence-electron chi connectivity index (χ3n) is 2.50. The van der Waals surface area contributed by atoms with Crippen molar-refractivity contribution >= 4 is 27.9 Å². The van der Waals surface area contributed by atoms with Crippen molar-refractivity contribution in [2.24, 2.45) is 5.73 Å². The lowest BCUT2D eigenvalue weighted by Gasteiger charge is -1.98. The van der Waals surface area contributed by atoms with E-state index in [1.807, 2.05) is 31.2 Å². The lowest BCUT2D eigenvalue weighted by molar-refractivity contribution is 0.769. The van der Waals surface area contributed by atoms with Crippen molar-refractivity contribution in [1.29, 1.82) is 0 Å². The predicted octanol–water partition coefficient (Wildman–Crippen LogP) is 2.53. The van der Waals surface area contributed by atoms with E-state index in [9.17, 15) is 0 Å². The summed E-state index contributed by atoms with van der Waals surface area (Å²) in [5, 5.41) is 14.2. The summed E-state index contributed by atoms with van der Waals surface area (Å²) in [7, 11) is 0. The van der Waals surface area contributed by atoms with Crippen LogP contribution in [0.2, 0.25) is 5.02 Å². The molecule has 2 N–H and O–H groups in total. The van der Waals surface area contributed by atoms with Crippen molar-refractivity contribution in [3.8, 4) is 11.4 Å². The summed E-state index contributed by atoms with van der Waals surface area (Å²) in [6, 6.07) is 7.32. The second-order valence-corrected chi connectivity index (χ2v) is 5.38. The largest absolute Gasteiger partial charge is 0.322 e. The maximum atomic E-state index is 5.86. The lowest BCUT2D eigenvalue weighted by atomic mass is 10.2. The molecule has 7 heteroatoms. The van der Waals surface area contributed by atoms with E-state index in [-0.39, 0.29) is 6.04 Å². The highest BCUT2D eigenvalue weighted by Crippen LogP contribution is 2.24. The summed E-state index contributed by atoms with van der Waals surface area (Å²) in [6.07, 6.45) is 0. The van der Waals surface area contributed by atoms with Crippen LogP contribution in [0.4, 0.5) is 0 Å². The van der Waals surface area contributed by atoms with Crippen LogP contribution in [0.1, 0.15) is 18.0 Å². The van der Waals surface area contributed by atoms with Crippen LogP contribution < -0.4 is 5.73 Å². The Hall–Kier alpha value is -1.50. The Morgan fingerprint density at radius 2 is 2.00 bits per heavy atom. The van der Waals surface area contributed by atoms with Gasteiger partial charge in [-0.25, -0.2) is 0 Å². The highest BCUT2D eigenvalue weighted by Gasteiger charge is 2.14. The van der Waals surface area contributed by atoms with E-state index in [0.717, 1.165) is 15.5 Å². The van der Waals surface area contributed by atoms with Gasteiger partial charge in [-0.15, -0.1) is 10.2 Å². The van der Waals surface area contributed by atoms with Gasteiger partial charge >= 0.3 is 0 Å². The first-order valence-electron chi connectivity index (χ1n) is 5.39. The van der Waals surface area contributed by atoms with Crippen LogP contribution in [0, 0.1) is 0 Å². The summed E-state index contributed by atoms with van der Waals surface area (Å²) >= 11 is 7.32. The first kappa shape index (κ1) is 11.6. The Balaban J connectivity index is 2.14. The quantitative estimate of drug-likeness (QED) is 0.783. The minimum Gasteiger partial charge on any atom is -0.322 e. The zero-order valence-electron chi connectivity index (χ0n) is 9.54. The van der Waals surface area contributed by atoms with Crippen LogP contribution in [0.3, 0.4) is 0 Å². The second-order valence-electron chi connectivity index (χ2n) is 3.95. The maximum Gasteiger partial charge on any atom is 0.235 e. The number of fused-ring (bicyclic) bond motifs is 1. The Bertz CT molecular complexity index is 685. The van der Waals surface area contributed by atoms with Crippen LogP contribution >= 0.6 is 22.9 Å². The van der Waals surface area contributed by atoms with E-state index in [0.29, 0.717) is 10.8 Å². The van der Waals surface area contributed by atoms with Gasteiger partial charge in [-0.05, 0) is 31.2 Å². The zero-order chi connectivity index (χ0) is 12.7. The molecule has 3 rings (SSSR count). The summed E-state index contributed by atoms with van der Waals surface area (Å²) in [5.41, 5.74) is 6.74. The fraction of sp³-hybridized carbons (Fsp3) is 0.182. The first-order chi connectivity index (χ1) is 8.65. The van der Waals surface area contributed by atoms with Crippen molar-refractivity contribution < 1.29 is 0 Å². The molecule has 5 nitrogen and oxygen atoms in total. The number of halogens is 1. The molecule has 18 heavy (non-hydrogen) atoms. The second kappa shape index (κ2) is 4.31. The molecule has 1 unspecified atom stereocenters. The van der Waals surface area contributed by atoms with E-state index in [4.69, 9.17) is 17.3 Å². The molecule has 0 saturated carbocycles. The van der Waals surface area contributed by atoms with Crippen LogP contribution in [-0.4, -0.2) is 19.8 Å².